The first-order valence-electron chi connectivity index (χ1n) is 11.4. The summed E-state index contributed by atoms with van der Waals surface area (Å²) in [5, 5.41) is 4.29. The van der Waals surface area contributed by atoms with Gasteiger partial charge >= 0.3 is 0 Å². The Kier molecular flexibility index (Phi) is 4.84. The van der Waals surface area contributed by atoms with Crippen molar-refractivity contribution in [3.8, 4) is 0 Å². The maximum atomic E-state index is 13.9. The summed E-state index contributed by atoms with van der Waals surface area (Å²) < 4.78 is 0. The molecule has 0 radical (unpaired) electrons. The van der Waals surface area contributed by atoms with Crippen LogP contribution in [0.4, 0.5) is 5.69 Å². The highest BCUT2D eigenvalue weighted by atomic mass is 16.2. The molecule has 1 fully saturated rings. The normalized spacial score (nSPS) is 20.8. The first-order chi connectivity index (χ1) is 15.0. The van der Waals surface area contributed by atoms with Crippen molar-refractivity contribution in [2.45, 2.75) is 63.5 Å². The second-order valence-corrected chi connectivity index (χ2v) is 9.03. The van der Waals surface area contributed by atoms with Crippen molar-refractivity contribution in [3.63, 3.8) is 0 Å². The fourth-order valence-electron chi connectivity index (χ4n) is 5.77. The summed E-state index contributed by atoms with van der Waals surface area (Å²) in [6.07, 6.45) is 6.59. The van der Waals surface area contributed by atoms with Crippen molar-refractivity contribution >= 4 is 28.4 Å². The molecule has 2 aliphatic rings. The monoisotopic (exact) mass is 415 g/mol. The van der Waals surface area contributed by atoms with Crippen LogP contribution in [-0.2, 0) is 4.79 Å². The topological polar surface area (TPSA) is 65.2 Å². The summed E-state index contributed by atoms with van der Waals surface area (Å²) in [6.45, 7) is 4.22. The van der Waals surface area contributed by atoms with Gasteiger partial charge in [0.05, 0.1) is 11.5 Å². The maximum Gasteiger partial charge on any atom is 0.254 e. The number of aromatic amines is 1. The molecule has 1 aliphatic carbocycles. The summed E-state index contributed by atoms with van der Waals surface area (Å²) in [5.41, 5.74) is 2.85. The van der Waals surface area contributed by atoms with Crippen LogP contribution in [0.3, 0.4) is 0 Å². The van der Waals surface area contributed by atoms with Crippen LogP contribution in [0.2, 0.25) is 0 Å². The van der Waals surface area contributed by atoms with Crippen LogP contribution in [0.5, 0.6) is 0 Å². The summed E-state index contributed by atoms with van der Waals surface area (Å²) in [7, 11) is 0. The molecular formula is C26H29N3O2. The highest BCUT2D eigenvalue weighted by molar-refractivity contribution is 6.05. The lowest BCUT2D eigenvalue weighted by atomic mass is 9.70. The van der Waals surface area contributed by atoms with Gasteiger partial charge in [0.15, 0.2) is 0 Å². The van der Waals surface area contributed by atoms with Crippen LogP contribution in [0.25, 0.3) is 10.9 Å². The van der Waals surface area contributed by atoms with E-state index in [0.717, 1.165) is 54.3 Å². The van der Waals surface area contributed by atoms with E-state index in [1.54, 1.807) is 0 Å². The second-order valence-electron chi connectivity index (χ2n) is 9.03. The zero-order valence-electron chi connectivity index (χ0n) is 18.2. The third-order valence-electron chi connectivity index (χ3n) is 7.32. The van der Waals surface area contributed by atoms with Crippen molar-refractivity contribution in [3.05, 3.63) is 65.9 Å². The van der Waals surface area contributed by atoms with Crippen molar-refractivity contribution in [2.75, 3.05) is 5.32 Å². The quantitative estimate of drug-likeness (QED) is 0.594. The molecule has 160 valence electrons. The molecule has 5 rings (SSSR count). The van der Waals surface area contributed by atoms with Crippen LogP contribution in [0, 0.1) is 0 Å². The number of carbonyl (C=O) groups excluding carboxylic acids is 2. The summed E-state index contributed by atoms with van der Waals surface area (Å²) >= 11 is 0. The van der Waals surface area contributed by atoms with E-state index >= 15 is 0 Å². The second kappa shape index (κ2) is 7.56. The number of H-pyrrole nitrogens is 1. The maximum absolute atomic E-state index is 13.9. The van der Waals surface area contributed by atoms with Crippen molar-refractivity contribution < 1.29 is 9.59 Å². The number of carbonyl (C=O) groups is 2. The van der Waals surface area contributed by atoms with E-state index in [9.17, 15) is 9.59 Å². The number of aromatic nitrogens is 1. The highest BCUT2D eigenvalue weighted by Crippen LogP contribution is 2.51. The molecule has 2 N–H and O–H groups in total. The largest absolute Gasteiger partial charge is 0.361 e. The minimum Gasteiger partial charge on any atom is -0.361 e. The van der Waals surface area contributed by atoms with E-state index in [0.29, 0.717) is 5.56 Å². The van der Waals surface area contributed by atoms with Crippen LogP contribution in [0.1, 0.15) is 67.8 Å². The molecule has 2 aromatic carbocycles. The number of nitrogens with zero attached hydrogens (tertiary/aromatic N) is 1. The van der Waals surface area contributed by atoms with E-state index in [1.807, 2.05) is 54.7 Å². The number of benzene rings is 2. The van der Waals surface area contributed by atoms with Crippen LogP contribution in [-0.4, -0.2) is 33.3 Å². The van der Waals surface area contributed by atoms with Crippen molar-refractivity contribution in [1.82, 2.24) is 9.88 Å². The van der Waals surface area contributed by atoms with Gasteiger partial charge in [-0.05, 0) is 61.4 Å². The van der Waals surface area contributed by atoms with Gasteiger partial charge in [-0.15, -0.1) is 0 Å². The van der Waals surface area contributed by atoms with Gasteiger partial charge in [-0.3, -0.25) is 9.59 Å². The molecule has 0 unspecified atom stereocenters. The van der Waals surface area contributed by atoms with Crippen molar-refractivity contribution in [1.29, 1.82) is 0 Å². The summed E-state index contributed by atoms with van der Waals surface area (Å²) in [4.78, 5) is 32.7. The van der Waals surface area contributed by atoms with Gasteiger partial charge < -0.3 is 15.2 Å². The number of hydrogen-bond donors (Lipinski definition) is 2. The SMILES string of the molecule is CC[C@@H](C)N1C(=O)c2ccccc2[C@@H](C(=O)Nc2ccc3cc[nH]c3c2)C12CCCC2. The first-order valence-corrected chi connectivity index (χ1v) is 11.4. The molecule has 31 heavy (non-hydrogen) atoms. The van der Waals surface area contributed by atoms with Gasteiger partial charge in [0.25, 0.3) is 5.91 Å². The van der Waals surface area contributed by atoms with Gasteiger partial charge in [-0.1, -0.05) is 44.0 Å². The first kappa shape index (κ1) is 19.9. The number of fused-ring (bicyclic) bond motifs is 2. The zero-order valence-corrected chi connectivity index (χ0v) is 18.2. The predicted molar refractivity (Wildman–Crippen MR) is 123 cm³/mol. The smallest absolute Gasteiger partial charge is 0.254 e. The molecule has 2 atom stereocenters. The predicted octanol–water partition coefficient (Wildman–Crippen LogP) is 5.46. The molecule has 1 aromatic heterocycles. The number of amides is 2. The van der Waals surface area contributed by atoms with Crippen LogP contribution >= 0.6 is 0 Å². The molecule has 1 aliphatic heterocycles. The van der Waals surface area contributed by atoms with Crippen molar-refractivity contribution in [2.24, 2.45) is 0 Å². The highest BCUT2D eigenvalue weighted by Gasteiger charge is 2.56. The molecule has 1 spiro atoms. The Morgan fingerprint density at radius 1 is 1.19 bits per heavy atom. The number of hydrogen-bond acceptors (Lipinski definition) is 2. The molecule has 2 amide bonds. The van der Waals surface area contributed by atoms with Gasteiger partial charge in [0, 0.05) is 29.0 Å². The van der Waals surface area contributed by atoms with E-state index < -0.39 is 5.54 Å². The third-order valence-corrected chi connectivity index (χ3v) is 7.32. The van der Waals surface area contributed by atoms with Gasteiger partial charge in [-0.2, -0.15) is 0 Å². The summed E-state index contributed by atoms with van der Waals surface area (Å²) in [6, 6.07) is 15.7. The number of anilines is 1. The Morgan fingerprint density at radius 2 is 1.97 bits per heavy atom. The molecule has 0 bridgehead atoms. The standard InChI is InChI=1S/C26H29N3O2/c1-3-17(2)29-25(31)21-9-5-4-8-20(21)23(26(29)13-6-7-14-26)24(30)28-19-11-10-18-12-15-27-22(18)16-19/h4-5,8-12,15-17,23,27H,3,6-7,13-14H2,1-2H3,(H,28,30)/t17-,23+/m1/s1. The molecule has 5 heteroatoms. The number of rotatable bonds is 4. The third kappa shape index (κ3) is 3.06. The number of nitrogens with one attached hydrogen (secondary N) is 2. The van der Waals surface area contributed by atoms with Gasteiger partial charge in [-0.25, -0.2) is 0 Å². The van der Waals surface area contributed by atoms with E-state index in [2.05, 4.69) is 29.0 Å². The average molecular weight is 416 g/mol. The zero-order chi connectivity index (χ0) is 21.6. The van der Waals surface area contributed by atoms with E-state index in [1.165, 1.54) is 0 Å². The Hall–Kier alpha value is -3.08. The molecule has 1 saturated carbocycles. The lowest BCUT2D eigenvalue weighted by molar-refractivity contribution is -0.121. The average Bonchev–Trinajstić information content (AvgIpc) is 3.43. The lowest BCUT2D eigenvalue weighted by Crippen LogP contribution is -2.62. The fraction of sp³-hybridized carbons (Fsp3) is 0.385. The molecule has 3 aromatic rings. The Labute approximate surface area is 182 Å². The molecule has 2 heterocycles. The van der Waals surface area contributed by atoms with Crippen LogP contribution < -0.4 is 5.32 Å². The molecule has 0 saturated heterocycles. The molecule has 5 nitrogen and oxygen atoms in total. The van der Waals surface area contributed by atoms with E-state index in [4.69, 9.17) is 0 Å². The van der Waals surface area contributed by atoms with E-state index in [-0.39, 0.29) is 23.8 Å². The molecular weight excluding hydrogens is 386 g/mol. The summed E-state index contributed by atoms with van der Waals surface area (Å²) in [5.74, 6) is -0.331. The minimum absolute atomic E-state index is 0.0268. The van der Waals surface area contributed by atoms with Gasteiger partial charge in [0.2, 0.25) is 5.91 Å². The minimum atomic E-state index is -0.457. The van der Waals surface area contributed by atoms with Crippen LogP contribution in [0.15, 0.2) is 54.7 Å². The Balaban J connectivity index is 1.60. The lowest BCUT2D eigenvalue weighted by Gasteiger charge is -2.52. The fourth-order valence-corrected chi connectivity index (χ4v) is 5.77. The van der Waals surface area contributed by atoms with Gasteiger partial charge in [0.1, 0.15) is 0 Å². The Morgan fingerprint density at radius 3 is 2.74 bits per heavy atom. The Bertz CT molecular complexity index is 1140.